The number of hydrogen-bond acceptors (Lipinski definition) is 5. The standard InChI is InChI=1S/C14H10BrN3O3S/c15-7-3-9(16-6-7)13(19)18-14-17-8-4-10-11(5-12(8)22-14)21-2-1-20-10/h3-6,16H,1-2H2,(H,17,18,19). The van der Waals surface area contributed by atoms with E-state index in [1.807, 2.05) is 12.1 Å². The van der Waals surface area contributed by atoms with Crippen LogP contribution in [0.2, 0.25) is 0 Å². The number of amides is 1. The molecule has 1 aromatic carbocycles. The number of carbonyl (C=O) groups excluding carboxylic acids is 1. The van der Waals surface area contributed by atoms with Crippen molar-refractivity contribution in [2.75, 3.05) is 18.5 Å². The molecule has 0 aliphatic carbocycles. The van der Waals surface area contributed by atoms with E-state index in [0.717, 1.165) is 14.7 Å². The molecule has 1 aliphatic rings. The highest BCUT2D eigenvalue weighted by atomic mass is 79.9. The molecule has 0 atom stereocenters. The quantitative estimate of drug-likeness (QED) is 0.715. The fraction of sp³-hybridized carbons (Fsp3) is 0.143. The Labute approximate surface area is 137 Å². The molecule has 0 spiro atoms. The molecule has 0 bridgehead atoms. The molecule has 3 heterocycles. The van der Waals surface area contributed by atoms with E-state index in [1.54, 1.807) is 12.3 Å². The fourth-order valence-corrected chi connectivity index (χ4v) is 3.40. The van der Waals surface area contributed by atoms with Crippen LogP contribution in [0.25, 0.3) is 10.2 Å². The van der Waals surface area contributed by atoms with Gasteiger partial charge in [-0.05, 0) is 22.0 Å². The second-order valence-corrected chi connectivity index (χ2v) is 6.61. The summed E-state index contributed by atoms with van der Waals surface area (Å²) in [7, 11) is 0. The van der Waals surface area contributed by atoms with Crippen LogP contribution in [-0.2, 0) is 0 Å². The average molecular weight is 380 g/mol. The lowest BCUT2D eigenvalue weighted by atomic mass is 10.3. The summed E-state index contributed by atoms with van der Waals surface area (Å²) in [6.45, 7) is 1.08. The van der Waals surface area contributed by atoms with E-state index >= 15 is 0 Å². The largest absolute Gasteiger partial charge is 0.486 e. The van der Waals surface area contributed by atoms with Crippen molar-refractivity contribution in [3.05, 3.63) is 34.6 Å². The van der Waals surface area contributed by atoms with Gasteiger partial charge in [-0.15, -0.1) is 0 Å². The Bertz CT molecular complexity index is 830. The molecule has 0 saturated carbocycles. The van der Waals surface area contributed by atoms with E-state index in [1.165, 1.54) is 11.3 Å². The van der Waals surface area contributed by atoms with Gasteiger partial charge in [0, 0.05) is 22.8 Å². The highest BCUT2D eigenvalue weighted by Gasteiger charge is 2.16. The van der Waals surface area contributed by atoms with E-state index in [0.29, 0.717) is 35.5 Å². The van der Waals surface area contributed by atoms with Gasteiger partial charge in [0.1, 0.15) is 18.9 Å². The van der Waals surface area contributed by atoms with Crippen molar-refractivity contribution in [2.45, 2.75) is 0 Å². The Morgan fingerprint density at radius 2 is 2.05 bits per heavy atom. The molecule has 2 aromatic heterocycles. The molecule has 0 fully saturated rings. The number of anilines is 1. The number of fused-ring (bicyclic) bond motifs is 2. The number of aromatic nitrogens is 2. The van der Waals surface area contributed by atoms with Crippen molar-refractivity contribution in [2.24, 2.45) is 0 Å². The smallest absolute Gasteiger partial charge is 0.273 e. The Kier molecular flexibility index (Phi) is 3.27. The van der Waals surface area contributed by atoms with Gasteiger partial charge in [0.05, 0.1) is 10.2 Å². The molecular weight excluding hydrogens is 370 g/mol. The summed E-state index contributed by atoms with van der Waals surface area (Å²) in [5, 5.41) is 3.32. The maximum absolute atomic E-state index is 12.1. The normalized spacial score (nSPS) is 13.3. The fourth-order valence-electron chi connectivity index (χ4n) is 2.18. The van der Waals surface area contributed by atoms with Gasteiger partial charge in [-0.3, -0.25) is 10.1 Å². The number of rotatable bonds is 2. The van der Waals surface area contributed by atoms with Crippen molar-refractivity contribution in [3.63, 3.8) is 0 Å². The highest BCUT2D eigenvalue weighted by molar-refractivity contribution is 9.10. The van der Waals surface area contributed by atoms with Gasteiger partial charge in [-0.25, -0.2) is 4.98 Å². The van der Waals surface area contributed by atoms with Crippen molar-refractivity contribution in [1.29, 1.82) is 0 Å². The first-order chi connectivity index (χ1) is 10.7. The van der Waals surface area contributed by atoms with E-state index in [4.69, 9.17) is 9.47 Å². The van der Waals surface area contributed by atoms with E-state index in [9.17, 15) is 4.79 Å². The lowest BCUT2D eigenvalue weighted by molar-refractivity contribution is 0.102. The molecule has 6 nitrogen and oxygen atoms in total. The van der Waals surface area contributed by atoms with Crippen molar-refractivity contribution >= 4 is 48.5 Å². The predicted molar refractivity (Wildman–Crippen MR) is 87.1 cm³/mol. The number of nitrogens with one attached hydrogen (secondary N) is 2. The van der Waals surface area contributed by atoms with Crippen LogP contribution in [0.4, 0.5) is 5.13 Å². The minimum atomic E-state index is -0.234. The number of benzene rings is 1. The zero-order valence-corrected chi connectivity index (χ0v) is 13.6. The summed E-state index contributed by atoms with van der Waals surface area (Å²) in [5.74, 6) is 1.17. The molecule has 8 heteroatoms. The predicted octanol–water partition coefficient (Wildman–Crippen LogP) is 3.41. The number of ether oxygens (including phenoxy) is 2. The Morgan fingerprint density at radius 1 is 1.27 bits per heavy atom. The van der Waals surface area contributed by atoms with Crippen LogP contribution in [0, 0.1) is 0 Å². The van der Waals surface area contributed by atoms with Crippen LogP contribution in [0.1, 0.15) is 10.5 Å². The van der Waals surface area contributed by atoms with Crippen LogP contribution >= 0.6 is 27.3 Å². The number of carbonyl (C=O) groups is 1. The lowest BCUT2D eigenvalue weighted by Gasteiger charge is -2.17. The number of nitrogens with zero attached hydrogens (tertiary/aromatic N) is 1. The van der Waals surface area contributed by atoms with Gasteiger partial charge in [0.2, 0.25) is 0 Å². The first kappa shape index (κ1) is 13.6. The second kappa shape index (κ2) is 5.29. The number of aromatic amines is 1. The Balaban J connectivity index is 1.63. The van der Waals surface area contributed by atoms with Gasteiger partial charge in [0.25, 0.3) is 5.91 Å². The molecule has 1 amide bonds. The van der Waals surface area contributed by atoms with Gasteiger partial charge < -0.3 is 14.5 Å². The maximum Gasteiger partial charge on any atom is 0.273 e. The van der Waals surface area contributed by atoms with Gasteiger partial charge in [-0.1, -0.05) is 11.3 Å². The minimum absolute atomic E-state index is 0.234. The van der Waals surface area contributed by atoms with Crippen LogP contribution in [0.3, 0.4) is 0 Å². The van der Waals surface area contributed by atoms with Gasteiger partial charge in [0.15, 0.2) is 16.6 Å². The SMILES string of the molecule is O=C(Nc1nc2cc3c(cc2s1)OCCO3)c1cc(Br)c[nH]1. The summed E-state index contributed by atoms with van der Waals surface area (Å²) < 4.78 is 12.8. The summed E-state index contributed by atoms with van der Waals surface area (Å²) in [6.07, 6.45) is 1.70. The summed E-state index contributed by atoms with van der Waals surface area (Å²) in [4.78, 5) is 19.4. The van der Waals surface area contributed by atoms with Crippen LogP contribution < -0.4 is 14.8 Å². The Hall–Kier alpha value is -2.06. The minimum Gasteiger partial charge on any atom is -0.486 e. The van der Waals surface area contributed by atoms with E-state index < -0.39 is 0 Å². The third-order valence-corrected chi connectivity index (χ3v) is 4.56. The molecule has 22 heavy (non-hydrogen) atoms. The number of H-pyrrole nitrogens is 1. The van der Waals surface area contributed by atoms with Crippen molar-refractivity contribution in [1.82, 2.24) is 9.97 Å². The second-order valence-electron chi connectivity index (χ2n) is 4.67. The number of halogens is 1. The molecule has 0 saturated heterocycles. The average Bonchev–Trinajstić information content (AvgIpc) is 3.10. The topological polar surface area (TPSA) is 76.2 Å². The van der Waals surface area contributed by atoms with Crippen LogP contribution in [0.5, 0.6) is 11.5 Å². The zero-order valence-electron chi connectivity index (χ0n) is 11.2. The maximum atomic E-state index is 12.1. The summed E-state index contributed by atoms with van der Waals surface area (Å²) in [6, 6.07) is 5.44. The molecule has 0 unspecified atom stereocenters. The van der Waals surface area contributed by atoms with Gasteiger partial charge >= 0.3 is 0 Å². The molecule has 1 aliphatic heterocycles. The molecular formula is C14H10BrN3O3S. The van der Waals surface area contributed by atoms with Crippen LogP contribution in [0.15, 0.2) is 28.9 Å². The van der Waals surface area contributed by atoms with Gasteiger partial charge in [-0.2, -0.15) is 0 Å². The van der Waals surface area contributed by atoms with Crippen molar-refractivity contribution in [3.8, 4) is 11.5 Å². The number of hydrogen-bond donors (Lipinski definition) is 2. The molecule has 2 N–H and O–H groups in total. The molecule has 4 rings (SSSR count). The third-order valence-electron chi connectivity index (χ3n) is 3.17. The van der Waals surface area contributed by atoms with E-state index in [-0.39, 0.29) is 5.91 Å². The molecule has 0 radical (unpaired) electrons. The summed E-state index contributed by atoms with van der Waals surface area (Å²) in [5.41, 5.74) is 1.24. The van der Waals surface area contributed by atoms with Crippen molar-refractivity contribution < 1.29 is 14.3 Å². The molecule has 3 aromatic rings. The zero-order chi connectivity index (χ0) is 15.1. The monoisotopic (exact) mass is 379 g/mol. The Morgan fingerprint density at radius 3 is 2.77 bits per heavy atom. The first-order valence-electron chi connectivity index (χ1n) is 6.54. The lowest BCUT2D eigenvalue weighted by Crippen LogP contribution is -2.15. The first-order valence-corrected chi connectivity index (χ1v) is 8.15. The van der Waals surface area contributed by atoms with E-state index in [2.05, 4.69) is 31.2 Å². The third kappa shape index (κ3) is 2.44. The number of thiazole rings is 1. The summed E-state index contributed by atoms with van der Waals surface area (Å²) >= 11 is 4.70. The molecule has 112 valence electrons. The van der Waals surface area contributed by atoms with Crippen LogP contribution in [-0.4, -0.2) is 29.1 Å². The highest BCUT2D eigenvalue weighted by Crippen LogP contribution is 2.37.